The highest BCUT2D eigenvalue weighted by atomic mass is 16.3. The molecule has 82 valence electrons. The van der Waals surface area contributed by atoms with Crippen molar-refractivity contribution in [3.8, 4) is 0 Å². The summed E-state index contributed by atoms with van der Waals surface area (Å²) in [6, 6.07) is 5.63. The highest BCUT2D eigenvalue weighted by Gasteiger charge is 2.04. The summed E-state index contributed by atoms with van der Waals surface area (Å²) >= 11 is 0. The molecule has 2 heteroatoms. The van der Waals surface area contributed by atoms with Crippen molar-refractivity contribution in [3.05, 3.63) is 51.4 Å². The Morgan fingerprint density at radius 2 is 2.06 bits per heavy atom. The van der Waals surface area contributed by atoms with Crippen LogP contribution in [0.3, 0.4) is 0 Å². The summed E-state index contributed by atoms with van der Waals surface area (Å²) in [4.78, 5) is 12.1. The van der Waals surface area contributed by atoms with Gasteiger partial charge in [-0.05, 0) is 39.0 Å². The van der Waals surface area contributed by atoms with Crippen molar-refractivity contribution in [2.45, 2.75) is 20.8 Å². The number of hydrogen-bond acceptors (Lipinski definition) is 2. The van der Waals surface area contributed by atoms with Gasteiger partial charge in [-0.1, -0.05) is 17.2 Å². The molecule has 1 aromatic heterocycles. The highest BCUT2D eigenvalue weighted by molar-refractivity contribution is 5.79. The lowest BCUT2D eigenvalue weighted by molar-refractivity contribution is 0.601. The van der Waals surface area contributed by atoms with Crippen LogP contribution in [0.5, 0.6) is 0 Å². The summed E-state index contributed by atoms with van der Waals surface area (Å²) in [5, 5.41) is 0.648. The first kappa shape index (κ1) is 10.7. The molecule has 0 radical (unpaired) electrons. The highest BCUT2D eigenvalue weighted by Crippen LogP contribution is 2.14. The first-order chi connectivity index (χ1) is 7.58. The van der Waals surface area contributed by atoms with Gasteiger partial charge >= 0.3 is 0 Å². The van der Waals surface area contributed by atoms with Gasteiger partial charge in [-0.2, -0.15) is 0 Å². The zero-order chi connectivity index (χ0) is 11.7. The van der Waals surface area contributed by atoms with Crippen LogP contribution in [0.15, 0.2) is 39.2 Å². The van der Waals surface area contributed by atoms with E-state index in [1.54, 1.807) is 0 Å². The topological polar surface area (TPSA) is 30.2 Å². The van der Waals surface area contributed by atoms with Gasteiger partial charge in [0.2, 0.25) is 0 Å². The van der Waals surface area contributed by atoms with E-state index in [0.717, 1.165) is 11.1 Å². The fourth-order valence-corrected chi connectivity index (χ4v) is 1.67. The summed E-state index contributed by atoms with van der Waals surface area (Å²) in [5.74, 6) is 0. The van der Waals surface area contributed by atoms with Crippen LogP contribution < -0.4 is 5.43 Å². The van der Waals surface area contributed by atoms with Gasteiger partial charge in [-0.3, -0.25) is 4.79 Å². The van der Waals surface area contributed by atoms with Crippen LogP contribution in [0.25, 0.3) is 17.0 Å². The summed E-state index contributed by atoms with van der Waals surface area (Å²) in [5.41, 5.74) is 3.43. The Balaban J connectivity index is 2.78. The molecule has 0 fully saturated rings. The minimum atomic E-state index is 0.0335. The maximum absolute atomic E-state index is 12.1. The van der Waals surface area contributed by atoms with E-state index in [-0.39, 0.29) is 5.43 Å². The fourth-order valence-electron chi connectivity index (χ4n) is 1.67. The van der Waals surface area contributed by atoms with Gasteiger partial charge in [0.25, 0.3) is 0 Å². The third kappa shape index (κ3) is 1.91. The first-order valence-electron chi connectivity index (χ1n) is 5.25. The molecule has 16 heavy (non-hydrogen) atoms. The lowest BCUT2D eigenvalue weighted by Gasteiger charge is -2.00. The second-order valence-electron chi connectivity index (χ2n) is 4.24. The first-order valence-corrected chi connectivity index (χ1v) is 5.25. The van der Waals surface area contributed by atoms with Crippen LogP contribution in [0.1, 0.15) is 25.0 Å². The van der Waals surface area contributed by atoms with Crippen molar-refractivity contribution in [2.24, 2.45) is 0 Å². The summed E-state index contributed by atoms with van der Waals surface area (Å²) in [6.07, 6.45) is 3.36. The molecule has 1 heterocycles. The molecule has 2 aromatic rings. The number of rotatable bonds is 1. The molecule has 0 N–H and O–H groups in total. The molecule has 1 aromatic carbocycles. The quantitative estimate of drug-likeness (QED) is 0.727. The molecule has 0 amide bonds. The molecule has 0 saturated heterocycles. The van der Waals surface area contributed by atoms with Crippen molar-refractivity contribution in [3.63, 3.8) is 0 Å². The normalized spacial score (nSPS) is 10.4. The SMILES string of the molecule is CC(C)=Cc1coc2ccc(C)cc2c1=O. The molecular weight excluding hydrogens is 200 g/mol. The van der Waals surface area contributed by atoms with E-state index < -0.39 is 0 Å². The second kappa shape index (κ2) is 3.97. The van der Waals surface area contributed by atoms with Gasteiger partial charge in [0.1, 0.15) is 11.8 Å². The standard InChI is InChI=1S/C14H14O2/c1-9(2)6-11-8-16-13-5-4-10(3)7-12(13)14(11)15/h4-8H,1-3H3. The molecule has 0 atom stereocenters. The van der Waals surface area contributed by atoms with Crippen LogP contribution in [-0.2, 0) is 0 Å². The smallest absolute Gasteiger partial charge is 0.199 e. The second-order valence-corrected chi connectivity index (χ2v) is 4.24. The van der Waals surface area contributed by atoms with Crippen molar-refractivity contribution >= 4 is 17.0 Å². The molecule has 0 aliphatic carbocycles. The molecule has 2 rings (SSSR count). The molecule has 0 aliphatic heterocycles. The third-order valence-electron chi connectivity index (χ3n) is 2.40. The molecule has 2 nitrogen and oxygen atoms in total. The van der Waals surface area contributed by atoms with Crippen LogP contribution in [0.4, 0.5) is 0 Å². The zero-order valence-corrected chi connectivity index (χ0v) is 9.70. The summed E-state index contributed by atoms with van der Waals surface area (Å²) < 4.78 is 5.43. The van der Waals surface area contributed by atoms with Gasteiger partial charge in [0.05, 0.1) is 10.9 Å². The van der Waals surface area contributed by atoms with Crippen molar-refractivity contribution in [2.75, 3.05) is 0 Å². The molecule has 0 bridgehead atoms. The Kier molecular flexibility index (Phi) is 2.65. The summed E-state index contributed by atoms with van der Waals surface area (Å²) in [6.45, 7) is 5.88. The van der Waals surface area contributed by atoms with Crippen molar-refractivity contribution < 1.29 is 4.42 Å². The van der Waals surface area contributed by atoms with Crippen LogP contribution in [0.2, 0.25) is 0 Å². The average molecular weight is 214 g/mol. The molecular formula is C14H14O2. The number of hydrogen-bond donors (Lipinski definition) is 0. The van der Waals surface area contributed by atoms with E-state index >= 15 is 0 Å². The zero-order valence-electron chi connectivity index (χ0n) is 9.70. The van der Waals surface area contributed by atoms with Gasteiger partial charge in [-0.15, -0.1) is 0 Å². The van der Waals surface area contributed by atoms with E-state index in [0.29, 0.717) is 16.5 Å². The van der Waals surface area contributed by atoms with E-state index in [1.807, 2.05) is 45.0 Å². The lowest BCUT2D eigenvalue weighted by Crippen LogP contribution is -2.05. The fraction of sp³-hybridized carbons (Fsp3) is 0.214. The number of fused-ring (bicyclic) bond motifs is 1. The Morgan fingerprint density at radius 1 is 1.31 bits per heavy atom. The van der Waals surface area contributed by atoms with E-state index in [9.17, 15) is 4.79 Å². The van der Waals surface area contributed by atoms with Gasteiger partial charge in [-0.25, -0.2) is 0 Å². The van der Waals surface area contributed by atoms with Gasteiger partial charge < -0.3 is 4.42 Å². The van der Waals surface area contributed by atoms with Gasteiger partial charge in [0.15, 0.2) is 5.43 Å². The Labute approximate surface area is 94.2 Å². The minimum Gasteiger partial charge on any atom is -0.463 e. The number of aryl methyl sites for hydroxylation is 1. The maximum Gasteiger partial charge on any atom is 0.199 e. The monoisotopic (exact) mass is 214 g/mol. The van der Waals surface area contributed by atoms with Gasteiger partial charge in [0, 0.05) is 0 Å². The number of benzene rings is 1. The largest absolute Gasteiger partial charge is 0.463 e. The third-order valence-corrected chi connectivity index (χ3v) is 2.40. The van der Waals surface area contributed by atoms with E-state index in [1.165, 1.54) is 6.26 Å². The van der Waals surface area contributed by atoms with Crippen LogP contribution in [-0.4, -0.2) is 0 Å². The molecule has 0 saturated carbocycles. The number of allylic oxidation sites excluding steroid dienone is 1. The molecule has 0 spiro atoms. The van der Waals surface area contributed by atoms with E-state index in [2.05, 4.69) is 0 Å². The Hall–Kier alpha value is -1.83. The van der Waals surface area contributed by atoms with Crippen molar-refractivity contribution in [1.29, 1.82) is 0 Å². The van der Waals surface area contributed by atoms with E-state index in [4.69, 9.17) is 4.42 Å². The molecule has 0 unspecified atom stereocenters. The summed E-state index contributed by atoms with van der Waals surface area (Å²) in [7, 11) is 0. The Morgan fingerprint density at radius 3 is 2.75 bits per heavy atom. The Bertz CT molecular complexity index is 614. The maximum atomic E-state index is 12.1. The van der Waals surface area contributed by atoms with Crippen LogP contribution in [0, 0.1) is 6.92 Å². The predicted octanol–water partition coefficient (Wildman–Crippen LogP) is 3.52. The predicted molar refractivity (Wildman–Crippen MR) is 66.5 cm³/mol. The average Bonchev–Trinajstić information content (AvgIpc) is 2.22. The minimum absolute atomic E-state index is 0.0335. The molecule has 0 aliphatic rings. The van der Waals surface area contributed by atoms with Crippen molar-refractivity contribution in [1.82, 2.24) is 0 Å². The lowest BCUT2D eigenvalue weighted by atomic mass is 10.1. The van der Waals surface area contributed by atoms with Crippen LogP contribution >= 0.6 is 0 Å².